The highest BCUT2D eigenvalue weighted by Crippen LogP contribution is 2.17. The first-order chi connectivity index (χ1) is 13.1. The van der Waals surface area contributed by atoms with E-state index in [1.54, 1.807) is 33.2 Å². The van der Waals surface area contributed by atoms with Crippen molar-refractivity contribution in [3.8, 4) is 0 Å². The van der Waals surface area contributed by atoms with Gasteiger partial charge in [0.1, 0.15) is 0 Å². The average Bonchev–Trinajstić information content (AvgIpc) is 2.61. The van der Waals surface area contributed by atoms with Crippen LogP contribution in [0.2, 0.25) is 0 Å². The Bertz CT molecular complexity index is 776. The Balaban J connectivity index is 2.79. The zero-order valence-electron chi connectivity index (χ0n) is 17.4. The third-order valence-corrected chi connectivity index (χ3v) is 5.18. The molecule has 158 valence electrons. The minimum absolute atomic E-state index is 0.0582. The average molecular weight is 413 g/mol. The van der Waals surface area contributed by atoms with E-state index in [-0.39, 0.29) is 12.5 Å². The Kier molecular flexibility index (Phi) is 9.95. The molecule has 0 unspecified atom stereocenters. The van der Waals surface area contributed by atoms with Gasteiger partial charge in [0.2, 0.25) is 5.91 Å². The lowest BCUT2D eigenvalue weighted by Crippen LogP contribution is -2.43. The molecule has 0 atom stereocenters. The van der Waals surface area contributed by atoms with Gasteiger partial charge in [0, 0.05) is 40.1 Å². The first-order valence-electron chi connectivity index (χ1n) is 9.24. The molecule has 2 N–H and O–H groups in total. The molecule has 0 radical (unpaired) electrons. The maximum absolute atomic E-state index is 11.8. The van der Waals surface area contributed by atoms with E-state index in [0.717, 1.165) is 12.0 Å². The monoisotopic (exact) mass is 412 g/mol. The number of amides is 1. The summed E-state index contributed by atoms with van der Waals surface area (Å²) in [4.78, 5) is 18.2. The number of likely N-dealkylation sites (N-methyl/N-ethyl adjacent to an activating group) is 1. The Morgan fingerprint density at radius 1 is 1.25 bits per heavy atom. The van der Waals surface area contributed by atoms with Gasteiger partial charge in [-0.1, -0.05) is 12.1 Å². The standard InChI is InChI=1S/C19H32N4O4S/c1-6-27-11-7-10-20-19(22-14-18(24)23(3)4)21-13-16-8-9-17(15(2)12-16)28(5,25)26/h8-9,12H,6-7,10-11,13-14H2,1-5H3,(H2,20,21,22). The summed E-state index contributed by atoms with van der Waals surface area (Å²) in [5.74, 6) is 0.466. The number of aliphatic imine (C=N–C) groups is 1. The van der Waals surface area contributed by atoms with Gasteiger partial charge in [0.05, 0.1) is 18.0 Å². The number of benzene rings is 1. The zero-order valence-corrected chi connectivity index (χ0v) is 18.2. The Morgan fingerprint density at radius 2 is 1.96 bits per heavy atom. The van der Waals surface area contributed by atoms with Crippen LogP contribution in [0.4, 0.5) is 0 Å². The lowest BCUT2D eigenvalue weighted by atomic mass is 10.1. The van der Waals surface area contributed by atoms with Gasteiger partial charge in [-0.3, -0.25) is 4.79 Å². The second-order valence-electron chi connectivity index (χ2n) is 6.66. The van der Waals surface area contributed by atoms with Gasteiger partial charge in [0.25, 0.3) is 0 Å². The van der Waals surface area contributed by atoms with Crippen LogP contribution in [-0.4, -0.2) is 71.8 Å². The number of guanidine groups is 1. The number of hydrogen-bond acceptors (Lipinski definition) is 5. The van der Waals surface area contributed by atoms with Crippen LogP contribution in [-0.2, 0) is 25.9 Å². The Hall–Kier alpha value is -2.13. The van der Waals surface area contributed by atoms with Crippen molar-refractivity contribution in [1.29, 1.82) is 0 Å². The SMILES string of the molecule is CCOCCCNC(=NCc1ccc(S(C)(=O)=O)c(C)c1)NCC(=O)N(C)C. The number of carbonyl (C=O) groups is 1. The summed E-state index contributed by atoms with van der Waals surface area (Å²) in [5.41, 5.74) is 1.58. The fraction of sp³-hybridized carbons (Fsp3) is 0.579. The highest BCUT2D eigenvalue weighted by molar-refractivity contribution is 7.90. The second kappa shape index (κ2) is 11.7. The molecule has 0 heterocycles. The summed E-state index contributed by atoms with van der Waals surface area (Å²) >= 11 is 0. The molecule has 0 bridgehead atoms. The number of rotatable bonds is 10. The maximum Gasteiger partial charge on any atom is 0.241 e. The van der Waals surface area contributed by atoms with Crippen LogP contribution in [0.1, 0.15) is 24.5 Å². The fourth-order valence-corrected chi connectivity index (χ4v) is 3.37. The first kappa shape index (κ1) is 23.9. The van der Waals surface area contributed by atoms with E-state index in [4.69, 9.17) is 4.74 Å². The molecule has 28 heavy (non-hydrogen) atoms. The molecule has 0 spiro atoms. The van der Waals surface area contributed by atoms with E-state index in [0.29, 0.717) is 42.7 Å². The molecule has 0 aromatic heterocycles. The second-order valence-corrected chi connectivity index (χ2v) is 8.64. The highest BCUT2D eigenvalue weighted by Gasteiger charge is 2.11. The van der Waals surface area contributed by atoms with Gasteiger partial charge in [-0.05, 0) is 37.5 Å². The van der Waals surface area contributed by atoms with Crippen LogP contribution in [0.3, 0.4) is 0 Å². The van der Waals surface area contributed by atoms with Crippen molar-refractivity contribution in [3.63, 3.8) is 0 Å². The lowest BCUT2D eigenvalue weighted by Gasteiger charge is -2.15. The van der Waals surface area contributed by atoms with Crippen LogP contribution >= 0.6 is 0 Å². The van der Waals surface area contributed by atoms with Gasteiger partial charge < -0.3 is 20.3 Å². The van der Waals surface area contributed by atoms with E-state index < -0.39 is 9.84 Å². The van der Waals surface area contributed by atoms with Gasteiger partial charge in [-0.25, -0.2) is 13.4 Å². The number of nitrogens with zero attached hydrogens (tertiary/aromatic N) is 2. The summed E-state index contributed by atoms with van der Waals surface area (Å²) in [6.07, 6.45) is 2.02. The summed E-state index contributed by atoms with van der Waals surface area (Å²) in [6, 6.07) is 5.18. The summed E-state index contributed by atoms with van der Waals surface area (Å²) in [7, 11) is 0.152. The van der Waals surface area contributed by atoms with Crippen LogP contribution in [0.5, 0.6) is 0 Å². The molecule has 9 heteroatoms. The van der Waals surface area contributed by atoms with Crippen LogP contribution in [0, 0.1) is 6.92 Å². The zero-order chi connectivity index (χ0) is 21.2. The van der Waals surface area contributed by atoms with Crippen molar-refractivity contribution < 1.29 is 17.9 Å². The molecule has 1 aromatic rings. The van der Waals surface area contributed by atoms with E-state index in [2.05, 4.69) is 15.6 Å². The van der Waals surface area contributed by atoms with E-state index in [9.17, 15) is 13.2 Å². The molecule has 0 aliphatic rings. The van der Waals surface area contributed by atoms with Gasteiger partial charge in [-0.15, -0.1) is 0 Å². The first-order valence-corrected chi connectivity index (χ1v) is 11.1. The lowest BCUT2D eigenvalue weighted by molar-refractivity contribution is -0.127. The van der Waals surface area contributed by atoms with Crippen molar-refractivity contribution in [3.05, 3.63) is 29.3 Å². The van der Waals surface area contributed by atoms with Crippen molar-refractivity contribution in [2.24, 2.45) is 4.99 Å². The Labute approximate surface area is 168 Å². The van der Waals surface area contributed by atoms with E-state index in [1.165, 1.54) is 11.2 Å². The molecule has 8 nitrogen and oxygen atoms in total. The largest absolute Gasteiger partial charge is 0.382 e. The summed E-state index contributed by atoms with van der Waals surface area (Å²) < 4.78 is 28.8. The smallest absolute Gasteiger partial charge is 0.241 e. The van der Waals surface area contributed by atoms with Gasteiger partial charge in [-0.2, -0.15) is 0 Å². The molecular weight excluding hydrogens is 380 g/mol. The molecule has 0 saturated carbocycles. The normalized spacial score (nSPS) is 12.0. The number of ether oxygens (including phenoxy) is 1. The highest BCUT2D eigenvalue weighted by atomic mass is 32.2. The molecule has 1 rings (SSSR count). The minimum atomic E-state index is -3.24. The van der Waals surface area contributed by atoms with Gasteiger partial charge in [0.15, 0.2) is 15.8 Å². The third-order valence-electron chi connectivity index (χ3n) is 3.93. The number of hydrogen-bond donors (Lipinski definition) is 2. The predicted octanol–water partition coefficient (Wildman–Crippen LogP) is 0.949. The van der Waals surface area contributed by atoms with Crippen LogP contribution < -0.4 is 10.6 Å². The molecule has 0 saturated heterocycles. The number of sulfone groups is 1. The Morgan fingerprint density at radius 3 is 2.54 bits per heavy atom. The molecular formula is C19H32N4O4S. The quantitative estimate of drug-likeness (QED) is 0.337. The maximum atomic E-state index is 11.8. The summed E-state index contributed by atoms with van der Waals surface area (Å²) in [6.45, 7) is 6.21. The third kappa shape index (κ3) is 8.71. The van der Waals surface area contributed by atoms with Crippen LogP contribution in [0.15, 0.2) is 28.1 Å². The van der Waals surface area contributed by atoms with E-state index in [1.807, 2.05) is 13.0 Å². The molecule has 0 fully saturated rings. The van der Waals surface area contributed by atoms with E-state index >= 15 is 0 Å². The fourth-order valence-electron chi connectivity index (χ4n) is 2.41. The van der Waals surface area contributed by atoms with Crippen molar-refractivity contribution in [2.75, 3.05) is 46.7 Å². The minimum Gasteiger partial charge on any atom is -0.382 e. The predicted molar refractivity (Wildman–Crippen MR) is 111 cm³/mol. The van der Waals surface area contributed by atoms with Crippen molar-refractivity contribution >= 4 is 21.7 Å². The molecule has 0 aliphatic carbocycles. The summed E-state index contributed by atoms with van der Waals surface area (Å²) in [5, 5.41) is 6.21. The number of nitrogens with one attached hydrogen (secondary N) is 2. The number of carbonyl (C=O) groups excluding carboxylic acids is 1. The molecule has 0 aliphatic heterocycles. The van der Waals surface area contributed by atoms with Crippen molar-refractivity contribution in [1.82, 2.24) is 15.5 Å². The van der Waals surface area contributed by atoms with Crippen LogP contribution in [0.25, 0.3) is 0 Å². The van der Waals surface area contributed by atoms with Gasteiger partial charge >= 0.3 is 0 Å². The topological polar surface area (TPSA) is 100 Å². The molecule has 1 aromatic carbocycles. The number of aryl methyl sites for hydroxylation is 1. The molecule has 1 amide bonds. The van der Waals surface area contributed by atoms with Crippen molar-refractivity contribution in [2.45, 2.75) is 31.7 Å².